The molecule has 0 aromatic heterocycles. The van der Waals surface area contributed by atoms with Crippen LogP contribution in [0.1, 0.15) is 6.42 Å². The number of aliphatic hydroxyl groups excluding tert-OH is 1. The number of aliphatic hydroxyl groups is 1. The van der Waals surface area contributed by atoms with E-state index in [0.29, 0.717) is 0 Å². The molecule has 0 aliphatic rings. The molecule has 0 spiro atoms. The Hall–Kier alpha value is -0.660. The Kier molecular flexibility index (Phi) is 6.46. The van der Waals surface area contributed by atoms with Gasteiger partial charge in [-0.05, 0) is 7.05 Å². The Labute approximate surface area is 89.5 Å². The largest absolute Gasteiger partial charge is 0.469 e. The summed E-state index contributed by atoms with van der Waals surface area (Å²) in [5, 5.41) is 11.9. The minimum absolute atomic E-state index is 0.175. The van der Waals surface area contributed by atoms with Gasteiger partial charge in [-0.2, -0.15) is 0 Å². The first-order valence-corrected chi connectivity index (χ1v) is 6.33. The number of carbonyl (C=O) groups is 1. The van der Waals surface area contributed by atoms with Crippen molar-refractivity contribution in [3.8, 4) is 0 Å². The average Bonchev–Trinajstić information content (AvgIpc) is 2.13. The van der Waals surface area contributed by atoms with Crippen molar-refractivity contribution < 1.29 is 23.1 Å². The van der Waals surface area contributed by atoms with Crippen molar-refractivity contribution in [1.82, 2.24) is 5.32 Å². The molecule has 0 fully saturated rings. The predicted octanol–water partition coefficient (Wildman–Crippen LogP) is -1.46. The summed E-state index contributed by atoms with van der Waals surface area (Å²) in [6.07, 6.45) is -1.12. The van der Waals surface area contributed by atoms with Gasteiger partial charge in [0.2, 0.25) is 0 Å². The molecular weight excluding hydrogens is 222 g/mol. The van der Waals surface area contributed by atoms with E-state index in [1.165, 1.54) is 7.11 Å². The first-order valence-electron chi connectivity index (χ1n) is 4.51. The van der Waals surface area contributed by atoms with Crippen LogP contribution >= 0.6 is 0 Å². The van der Waals surface area contributed by atoms with Crippen LogP contribution in [0.15, 0.2) is 0 Å². The van der Waals surface area contributed by atoms with Crippen LogP contribution in [0, 0.1) is 0 Å². The van der Waals surface area contributed by atoms with Gasteiger partial charge in [0, 0.05) is 6.54 Å². The van der Waals surface area contributed by atoms with E-state index in [-0.39, 0.29) is 24.5 Å². The number of sulfone groups is 1. The molecule has 0 aromatic carbocycles. The highest BCUT2D eigenvalue weighted by Gasteiger charge is 2.18. The summed E-state index contributed by atoms with van der Waals surface area (Å²) >= 11 is 0. The molecule has 0 rings (SSSR count). The molecule has 0 saturated carbocycles. The van der Waals surface area contributed by atoms with Gasteiger partial charge in [0.05, 0.1) is 31.1 Å². The van der Waals surface area contributed by atoms with Gasteiger partial charge in [0.25, 0.3) is 0 Å². The Morgan fingerprint density at radius 3 is 2.60 bits per heavy atom. The second kappa shape index (κ2) is 6.76. The van der Waals surface area contributed by atoms with Gasteiger partial charge in [-0.3, -0.25) is 4.79 Å². The first kappa shape index (κ1) is 14.3. The molecule has 0 aliphatic heterocycles. The highest BCUT2D eigenvalue weighted by Crippen LogP contribution is 1.98. The minimum atomic E-state index is -3.40. The molecule has 0 amide bonds. The van der Waals surface area contributed by atoms with Crippen LogP contribution < -0.4 is 5.32 Å². The number of esters is 1. The van der Waals surface area contributed by atoms with Crippen LogP contribution in [-0.2, 0) is 19.4 Å². The first-order chi connectivity index (χ1) is 6.91. The zero-order chi connectivity index (χ0) is 11.9. The standard InChI is InChI=1S/C8H17NO5S/c1-9-5-7(10)6-15(12,13)4-3-8(11)14-2/h7,9-10H,3-6H2,1-2H3. The molecule has 90 valence electrons. The van der Waals surface area contributed by atoms with Crippen LogP contribution in [0.3, 0.4) is 0 Å². The highest BCUT2D eigenvalue weighted by molar-refractivity contribution is 7.91. The number of carbonyl (C=O) groups excluding carboxylic acids is 1. The van der Waals surface area contributed by atoms with Gasteiger partial charge in [0.1, 0.15) is 0 Å². The van der Waals surface area contributed by atoms with Crippen LogP contribution in [0.2, 0.25) is 0 Å². The number of methoxy groups -OCH3 is 1. The smallest absolute Gasteiger partial charge is 0.306 e. The van der Waals surface area contributed by atoms with Gasteiger partial charge in [0.15, 0.2) is 9.84 Å². The van der Waals surface area contributed by atoms with Crippen molar-refractivity contribution in [1.29, 1.82) is 0 Å². The fraction of sp³-hybridized carbons (Fsp3) is 0.875. The Morgan fingerprint density at radius 1 is 1.53 bits per heavy atom. The molecular formula is C8H17NO5S. The normalized spacial score (nSPS) is 13.5. The molecule has 2 N–H and O–H groups in total. The van der Waals surface area contributed by atoms with E-state index in [0.717, 1.165) is 0 Å². The zero-order valence-electron chi connectivity index (χ0n) is 8.89. The lowest BCUT2D eigenvalue weighted by atomic mass is 10.4. The zero-order valence-corrected chi connectivity index (χ0v) is 9.71. The van der Waals surface area contributed by atoms with Crippen LogP contribution in [0.5, 0.6) is 0 Å². The summed E-state index contributed by atoms with van der Waals surface area (Å²) in [5.41, 5.74) is 0. The summed E-state index contributed by atoms with van der Waals surface area (Å²) in [5.74, 6) is -1.20. The average molecular weight is 239 g/mol. The molecule has 0 bridgehead atoms. The van der Waals surface area contributed by atoms with Crippen molar-refractivity contribution in [2.24, 2.45) is 0 Å². The molecule has 1 unspecified atom stereocenters. The third-order valence-electron chi connectivity index (χ3n) is 1.73. The van der Waals surface area contributed by atoms with Crippen molar-refractivity contribution >= 4 is 15.8 Å². The lowest BCUT2D eigenvalue weighted by Gasteiger charge is -2.09. The Morgan fingerprint density at radius 2 is 2.13 bits per heavy atom. The predicted molar refractivity (Wildman–Crippen MR) is 55.2 cm³/mol. The second-order valence-corrected chi connectivity index (χ2v) is 5.38. The fourth-order valence-corrected chi connectivity index (χ4v) is 2.36. The van der Waals surface area contributed by atoms with Gasteiger partial charge >= 0.3 is 5.97 Å². The Balaban J connectivity index is 4.02. The van der Waals surface area contributed by atoms with E-state index >= 15 is 0 Å². The third-order valence-corrected chi connectivity index (χ3v) is 3.45. The third kappa shape index (κ3) is 7.29. The van der Waals surface area contributed by atoms with Crippen LogP contribution in [0.25, 0.3) is 0 Å². The summed E-state index contributed by atoms with van der Waals surface area (Å²) in [7, 11) is -0.584. The maximum atomic E-state index is 11.3. The van der Waals surface area contributed by atoms with Gasteiger partial charge in [-0.1, -0.05) is 0 Å². The topological polar surface area (TPSA) is 92.7 Å². The molecule has 15 heavy (non-hydrogen) atoms. The minimum Gasteiger partial charge on any atom is -0.469 e. The van der Waals surface area contributed by atoms with Gasteiger partial charge in [-0.25, -0.2) is 8.42 Å². The lowest BCUT2D eigenvalue weighted by molar-refractivity contribution is -0.140. The maximum absolute atomic E-state index is 11.3. The SMILES string of the molecule is CNCC(O)CS(=O)(=O)CCC(=O)OC. The maximum Gasteiger partial charge on any atom is 0.306 e. The molecule has 0 aliphatic carbocycles. The summed E-state index contributed by atoms with van der Waals surface area (Å²) < 4.78 is 27.0. The molecule has 0 heterocycles. The summed E-state index contributed by atoms with van der Waals surface area (Å²) in [6, 6.07) is 0. The lowest BCUT2D eigenvalue weighted by Crippen LogP contribution is -2.32. The van der Waals surface area contributed by atoms with Crippen molar-refractivity contribution in [3.05, 3.63) is 0 Å². The van der Waals surface area contributed by atoms with E-state index in [1.54, 1.807) is 7.05 Å². The molecule has 0 aromatic rings. The van der Waals surface area contributed by atoms with Crippen LogP contribution in [-0.4, -0.2) is 57.8 Å². The van der Waals surface area contributed by atoms with Gasteiger partial charge in [-0.15, -0.1) is 0 Å². The highest BCUT2D eigenvalue weighted by atomic mass is 32.2. The van der Waals surface area contributed by atoms with Gasteiger partial charge < -0.3 is 15.2 Å². The van der Waals surface area contributed by atoms with Crippen molar-refractivity contribution in [2.45, 2.75) is 12.5 Å². The van der Waals surface area contributed by atoms with E-state index in [9.17, 15) is 18.3 Å². The van der Waals surface area contributed by atoms with Crippen LogP contribution in [0.4, 0.5) is 0 Å². The number of ether oxygens (including phenoxy) is 1. The van der Waals surface area contributed by atoms with E-state index in [4.69, 9.17) is 0 Å². The molecule has 1 atom stereocenters. The second-order valence-electron chi connectivity index (χ2n) is 3.15. The molecule has 6 nitrogen and oxygen atoms in total. The Bertz CT molecular complexity index is 287. The number of nitrogens with one attached hydrogen (secondary N) is 1. The summed E-state index contributed by atoms with van der Waals surface area (Å²) in [4.78, 5) is 10.7. The number of rotatable bonds is 7. The summed E-state index contributed by atoms with van der Waals surface area (Å²) in [6.45, 7) is 0.206. The van der Waals surface area contributed by atoms with E-state index in [2.05, 4.69) is 10.1 Å². The quantitative estimate of drug-likeness (QED) is 0.528. The fourth-order valence-electron chi connectivity index (χ4n) is 1.01. The van der Waals surface area contributed by atoms with Crippen molar-refractivity contribution in [2.75, 3.05) is 32.2 Å². The number of hydrogen-bond donors (Lipinski definition) is 2. The molecule has 7 heteroatoms. The number of likely N-dealkylation sites (N-methyl/N-ethyl adjacent to an activating group) is 1. The molecule has 0 radical (unpaired) electrons. The van der Waals surface area contributed by atoms with Crippen molar-refractivity contribution in [3.63, 3.8) is 0 Å². The number of hydrogen-bond acceptors (Lipinski definition) is 6. The molecule has 0 saturated heterocycles. The van der Waals surface area contributed by atoms with E-state index in [1.807, 2.05) is 0 Å². The monoisotopic (exact) mass is 239 g/mol. The van der Waals surface area contributed by atoms with E-state index < -0.39 is 21.9 Å².